The molecule has 2 rings (SSSR count). The third kappa shape index (κ3) is 3.80. The second kappa shape index (κ2) is 6.69. The van der Waals surface area contributed by atoms with Crippen LogP contribution in [0.15, 0.2) is 41.3 Å². The van der Waals surface area contributed by atoms with E-state index in [2.05, 4.69) is 4.72 Å². The minimum Gasteiger partial charge on any atom is -0.326 e. The summed E-state index contributed by atoms with van der Waals surface area (Å²) in [6.07, 6.45) is 0.613. The molecule has 0 atom stereocenters. The van der Waals surface area contributed by atoms with E-state index < -0.39 is 10.0 Å². The van der Waals surface area contributed by atoms with Crippen molar-refractivity contribution in [3.8, 4) is 0 Å². The number of hydrogen-bond donors (Lipinski definition) is 2. The summed E-state index contributed by atoms with van der Waals surface area (Å²) in [5.41, 5.74) is 6.17. The Kier molecular flexibility index (Phi) is 5.17. The van der Waals surface area contributed by atoms with Gasteiger partial charge in [0.2, 0.25) is 10.0 Å². The molecule has 20 heavy (non-hydrogen) atoms. The number of halogens is 1. The molecular formula is C13H15ClN2O2S2. The first-order valence-electron chi connectivity index (χ1n) is 6.05. The molecule has 0 saturated heterocycles. The summed E-state index contributed by atoms with van der Waals surface area (Å²) in [6.45, 7) is 0.524. The second-order valence-corrected chi connectivity index (χ2v) is 7.70. The van der Waals surface area contributed by atoms with Gasteiger partial charge in [0.15, 0.2) is 0 Å². The summed E-state index contributed by atoms with van der Waals surface area (Å²) in [5.74, 6) is 0. The van der Waals surface area contributed by atoms with Crippen LogP contribution in [0.2, 0.25) is 4.34 Å². The fraction of sp³-hybridized carbons (Fsp3) is 0.231. The number of rotatable bonds is 6. The second-order valence-electron chi connectivity index (χ2n) is 4.17. The van der Waals surface area contributed by atoms with E-state index in [4.69, 9.17) is 17.3 Å². The molecule has 108 valence electrons. The first kappa shape index (κ1) is 15.5. The molecule has 4 nitrogen and oxygen atoms in total. The van der Waals surface area contributed by atoms with Crippen LogP contribution in [-0.2, 0) is 23.0 Å². The van der Waals surface area contributed by atoms with E-state index in [0.717, 1.165) is 4.88 Å². The van der Waals surface area contributed by atoms with E-state index in [1.807, 2.05) is 6.07 Å². The predicted octanol–water partition coefficient (Wildman–Crippen LogP) is 2.38. The number of sulfonamides is 1. The van der Waals surface area contributed by atoms with Crippen LogP contribution in [0.1, 0.15) is 10.4 Å². The van der Waals surface area contributed by atoms with Gasteiger partial charge in [-0.25, -0.2) is 13.1 Å². The molecule has 0 bridgehead atoms. The molecule has 0 amide bonds. The highest BCUT2D eigenvalue weighted by molar-refractivity contribution is 7.89. The molecule has 0 aliphatic heterocycles. The van der Waals surface area contributed by atoms with Crippen molar-refractivity contribution >= 4 is 33.0 Å². The lowest BCUT2D eigenvalue weighted by molar-refractivity contribution is 0.580. The summed E-state index contributed by atoms with van der Waals surface area (Å²) < 4.78 is 27.7. The van der Waals surface area contributed by atoms with Crippen LogP contribution < -0.4 is 10.5 Å². The van der Waals surface area contributed by atoms with Gasteiger partial charge in [0.1, 0.15) is 0 Å². The molecule has 1 aromatic heterocycles. The maximum Gasteiger partial charge on any atom is 0.240 e. The molecule has 2 aromatic rings. The molecule has 0 saturated carbocycles. The molecule has 0 unspecified atom stereocenters. The largest absolute Gasteiger partial charge is 0.326 e. The van der Waals surface area contributed by atoms with Crippen LogP contribution >= 0.6 is 22.9 Å². The number of hydrogen-bond acceptors (Lipinski definition) is 4. The topological polar surface area (TPSA) is 72.2 Å². The normalized spacial score (nSPS) is 11.7. The minimum atomic E-state index is -3.52. The Hall–Kier alpha value is -0.920. The number of benzene rings is 1. The third-order valence-electron chi connectivity index (χ3n) is 2.77. The zero-order chi connectivity index (χ0) is 14.6. The van der Waals surface area contributed by atoms with Gasteiger partial charge in [-0.1, -0.05) is 29.8 Å². The van der Waals surface area contributed by atoms with Gasteiger partial charge in [0.05, 0.1) is 9.23 Å². The standard InChI is InChI=1S/C13H15ClN2O2S2/c14-13-6-5-11(19-13)7-8-16-20(17,18)12-4-2-1-3-10(12)9-15/h1-6,16H,7-9,15H2. The predicted molar refractivity (Wildman–Crippen MR) is 82.6 cm³/mol. The van der Waals surface area contributed by atoms with Gasteiger partial charge >= 0.3 is 0 Å². The molecule has 7 heteroatoms. The van der Waals surface area contributed by atoms with Crippen molar-refractivity contribution in [3.63, 3.8) is 0 Å². The molecule has 0 radical (unpaired) electrons. The van der Waals surface area contributed by atoms with Crippen LogP contribution in [0.4, 0.5) is 0 Å². The molecule has 1 aromatic carbocycles. The Labute approximate surface area is 127 Å². The quantitative estimate of drug-likeness (QED) is 0.854. The Balaban J connectivity index is 2.04. The van der Waals surface area contributed by atoms with E-state index in [0.29, 0.717) is 22.9 Å². The molecule has 0 aliphatic rings. The Morgan fingerprint density at radius 1 is 1.20 bits per heavy atom. The van der Waals surface area contributed by atoms with E-state index in [-0.39, 0.29) is 11.4 Å². The Morgan fingerprint density at radius 2 is 1.95 bits per heavy atom. The fourth-order valence-corrected chi connectivity index (χ4v) is 4.17. The molecule has 1 heterocycles. The minimum absolute atomic E-state index is 0.192. The Bertz CT molecular complexity index is 683. The maximum atomic E-state index is 12.2. The smallest absolute Gasteiger partial charge is 0.240 e. The van der Waals surface area contributed by atoms with Crippen molar-refractivity contribution in [2.75, 3.05) is 6.54 Å². The Morgan fingerprint density at radius 3 is 2.60 bits per heavy atom. The van der Waals surface area contributed by atoms with Crippen molar-refractivity contribution in [3.05, 3.63) is 51.2 Å². The van der Waals surface area contributed by atoms with Gasteiger partial charge in [-0.2, -0.15) is 0 Å². The summed E-state index contributed by atoms with van der Waals surface area (Å²) in [6, 6.07) is 10.4. The van der Waals surface area contributed by atoms with Crippen LogP contribution in [0.3, 0.4) is 0 Å². The van der Waals surface area contributed by atoms with Crippen molar-refractivity contribution < 1.29 is 8.42 Å². The van der Waals surface area contributed by atoms with Crippen LogP contribution in [0.25, 0.3) is 0 Å². The summed E-state index contributed by atoms with van der Waals surface area (Å²) in [7, 11) is -3.52. The highest BCUT2D eigenvalue weighted by Crippen LogP contribution is 2.21. The highest BCUT2D eigenvalue weighted by Gasteiger charge is 2.16. The van der Waals surface area contributed by atoms with Crippen molar-refractivity contribution in [2.24, 2.45) is 5.73 Å². The average molecular weight is 331 g/mol. The molecule has 0 aliphatic carbocycles. The van der Waals surface area contributed by atoms with Crippen LogP contribution in [0.5, 0.6) is 0 Å². The number of nitrogens with one attached hydrogen (secondary N) is 1. The fourth-order valence-electron chi connectivity index (χ4n) is 1.81. The maximum absolute atomic E-state index is 12.2. The van der Waals surface area contributed by atoms with Gasteiger partial charge in [-0.15, -0.1) is 11.3 Å². The SMILES string of the molecule is NCc1ccccc1S(=O)(=O)NCCc1ccc(Cl)s1. The van der Waals surface area contributed by atoms with Gasteiger partial charge in [-0.05, 0) is 30.2 Å². The van der Waals surface area contributed by atoms with Gasteiger partial charge in [0.25, 0.3) is 0 Å². The highest BCUT2D eigenvalue weighted by atomic mass is 35.5. The number of thiophene rings is 1. The molecule has 3 N–H and O–H groups in total. The zero-order valence-electron chi connectivity index (χ0n) is 10.7. The average Bonchev–Trinajstić information content (AvgIpc) is 2.84. The van der Waals surface area contributed by atoms with Crippen molar-refractivity contribution in [1.82, 2.24) is 4.72 Å². The number of nitrogens with two attached hydrogens (primary N) is 1. The molecular weight excluding hydrogens is 316 g/mol. The van der Waals surface area contributed by atoms with Crippen molar-refractivity contribution in [1.29, 1.82) is 0 Å². The van der Waals surface area contributed by atoms with Gasteiger partial charge < -0.3 is 5.73 Å². The zero-order valence-corrected chi connectivity index (χ0v) is 13.1. The lowest BCUT2D eigenvalue weighted by atomic mass is 10.2. The lowest BCUT2D eigenvalue weighted by Crippen LogP contribution is -2.27. The van der Waals surface area contributed by atoms with E-state index >= 15 is 0 Å². The van der Waals surface area contributed by atoms with E-state index in [1.54, 1.807) is 30.3 Å². The molecule has 0 spiro atoms. The summed E-state index contributed by atoms with van der Waals surface area (Å²) in [4.78, 5) is 1.29. The first-order chi connectivity index (χ1) is 9.53. The monoisotopic (exact) mass is 330 g/mol. The van der Waals surface area contributed by atoms with Crippen LogP contribution in [-0.4, -0.2) is 15.0 Å². The van der Waals surface area contributed by atoms with Gasteiger partial charge in [-0.3, -0.25) is 0 Å². The lowest BCUT2D eigenvalue weighted by Gasteiger charge is -2.09. The molecule has 0 fully saturated rings. The summed E-state index contributed by atoms with van der Waals surface area (Å²) in [5, 5.41) is 0. The summed E-state index contributed by atoms with van der Waals surface area (Å²) >= 11 is 7.28. The van der Waals surface area contributed by atoms with Gasteiger partial charge in [0, 0.05) is 18.0 Å². The van der Waals surface area contributed by atoms with E-state index in [1.165, 1.54) is 11.3 Å². The van der Waals surface area contributed by atoms with Crippen LogP contribution in [0, 0.1) is 0 Å². The van der Waals surface area contributed by atoms with E-state index in [9.17, 15) is 8.42 Å². The third-order valence-corrected chi connectivity index (χ3v) is 5.63. The first-order valence-corrected chi connectivity index (χ1v) is 8.72. The van der Waals surface area contributed by atoms with Crippen molar-refractivity contribution in [2.45, 2.75) is 17.9 Å².